The quantitative estimate of drug-likeness (QED) is 0.470. The van der Waals surface area contributed by atoms with Gasteiger partial charge in [0.25, 0.3) is 5.56 Å². The summed E-state index contributed by atoms with van der Waals surface area (Å²) in [6, 6.07) is 13.5. The summed E-state index contributed by atoms with van der Waals surface area (Å²) in [6.07, 6.45) is 0.639. The van der Waals surface area contributed by atoms with Gasteiger partial charge in [-0.3, -0.25) is 9.36 Å². The van der Waals surface area contributed by atoms with Crippen molar-refractivity contribution in [2.75, 3.05) is 13.7 Å². The van der Waals surface area contributed by atoms with Crippen LogP contribution < -0.4 is 15.0 Å². The molecule has 0 aliphatic carbocycles. The lowest BCUT2D eigenvalue weighted by Crippen LogP contribution is -2.30. The van der Waals surface area contributed by atoms with Crippen molar-refractivity contribution in [3.63, 3.8) is 0 Å². The summed E-state index contributed by atoms with van der Waals surface area (Å²) in [6.45, 7) is 4.14. The Morgan fingerprint density at radius 2 is 1.94 bits per heavy atom. The van der Waals surface area contributed by atoms with Crippen LogP contribution in [0.4, 0.5) is 0 Å². The second-order valence-electron chi connectivity index (χ2n) is 7.49. The van der Waals surface area contributed by atoms with Crippen molar-refractivity contribution in [3.8, 4) is 22.6 Å². The van der Waals surface area contributed by atoms with E-state index in [4.69, 9.17) is 9.47 Å². The molecule has 0 spiro atoms. The molecule has 0 aliphatic rings. The second-order valence-corrected chi connectivity index (χ2v) is 8.35. The lowest BCUT2D eigenvalue weighted by molar-refractivity contribution is 0.0911. The summed E-state index contributed by atoms with van der Waals surface area (Å²) in [7, 11) is 1.62. The predicted octanol–water partition coefficient (Wildman–Crippen LogP) is 4.19. The number of aliphatic hydroxyl groups is 1. The first-order valence-corrected chi connectivity index (χ1v) is 10.8. The molecule has 0 saturated heterocycles. The maximum atomic E-state index is 13.2. The highest BCUT2D eigenvalue weighted by atomic mass is 32.1. The van der Waals surface area contributed by atoms with Crippen LogP contribution in [0.15, 0.2) is 59.0 Å². The van der Waals surface area contributed by atoms with Gasteiger partial charge in [0, 0.05) is 10.9 Å². The van der Waals surface area contributed by atoms with Crippen LogP contribution >= 0.6 is 11.3 Å². The van der Waals surface area contributed by atoms with Crippen molar-refractivity contribution < 1.29 is 14.6 Å². The van der Waals surface area contributed by atoms with Gasteiger partial charge in [-0.1, -0.05) is 24.3 Å². The van der Waals surface area contributed by atoms with Crippen molar-refractivity contribution in [2.24, 2.45) is 0 Å². The predicted molar refractivity (Wildman–Crippen MR) is 123 cm³/mol. The van der Waals surface area contributed by atoms with Gasteiger partial charge in [0.15, 0.2) is 0 Å². The van der Waals surface area contributed by atoms with Crippen LogP contribution in [0.25, 0.3) is 21.3 Å². The molecule has 0 radical (unpaired) electrons. The number of aryl methyl sites for hydroxylation is 2. The van der Waals surface area contributed by atoms with Gasteiger partial charge in [0.2, 0.25) is 0 Å². The van der Waals surface area contributed by atoms with E-state index in [1.807, 2.05) is 61.7 Å². The molecule has 0 bridgehead atoms. The lowest BCUT2D eigenvalue weighted by atomic mass is 10.1. The summed E-state index contributed by atoms with van der Waals surface area (Å²) < 4.78 is 12.4. The third-order valence-corrected chi connectivity index (χ3v) is 6.03. The molecule has 0 aliphatic heterocycles. The third-order valence-electron chi connectivity index (χ3n) is 5.14. The van der Waals surface area contributed by atoms with Gasteiger partial charge in [0.05, 0.1) is 25.4 Å². The number of rotatable bonds is 7. The first kappa shape index (κ1) is 21.1. The maximum absolute atomic E-state index is 13.2. The normalized spacial score (nSPS) is 12.1. The average Bonchev–Trinajstić information content (AvgIpc) is 3.21. The molecule has 0 unspecified atom stereocenters. The van der Waals surface area contributed by atoms with E-state index in [-0.39, 0.29) is 18.7 Å². The molecule has 0 fully saturated rings. The van der Waals surface area contributed by atoms with E-state index in [9.17, 15) is 9.90 Å². The van der Waals surface area contributed by atoms with Crippen LogP contribution in [0.5, 0.6) is 11.5 Å². The molecule has 7 heteroatoms. The van der Waals surface area contributed by atoms with E-state index in [0.717, 1.165) is 33.8 Å². The van der Waals surface area contributed by atoms with Gasteiger partial charge >= 0.3 is 0 Å². The van der Waals surface area contributed by atoms with Crippen molar-refractivity contribution in [1.82, 2.24) is 9.55 Å². The Kier molecular flexibility index (Phi) is 6.06. The lowest BCUT2D eigenvalue weighted by Gasteiger charge is -2.15. The zero-order valence-corrected chi connectivity index (χ0v) is 18.5. The van der Waals surface area contributed by atoms with Gasteiger partial charge < -0.3 is 14.6 Å². The highest BCUT2D eigenvalue weighted by molar-refractivity contribution is 7.17. The standard InChI is InChI=1S/C24H24N2O4S/c1-15-4-5-16(2)21(10-15)30-12-18(27)11-26-14-25-23-22(24(26)28)20(13-31-23)17-6-8-19(29-3)9-7-17/h4-10,13-14,18,27H,11-12H2,1-3H3/t18-/m0/s1. The van der Waals surface area contributed by atoms with Gasteiger partial charge in [-0.05, 0) is 48.7 Å². The van der Waals surface area contributed by atoms with Crippen LogP contribution in [-0.2, 0) is 6.54 Å². The summed E-state index contributed by atoms with van der Waals surface area (Å²) in [5.41, 5.74) is 3.66. The number of hydrogen-bond acceptors (Lipinski definition) is 6. The average molecular weight is 437 g/mol. The Balaban J connectivity index is 1.56. The fraction of sp³-hybridized carbons (Fsp3) is 0.250. The van der Waals surface area contributed by atoms with Crippen LogP contribution in [0.2, 0.25) is 0 Å². The Bertz CT molecular complexity index is 1260. The van der Waals surface area contributed by atoms with Crippen LogP contribution in [0, 0.1) is 13.8 Å². The van der Waals surface area contributed by atoms with Gasteiger partial charge in [-0.25, -0.2) is 4.98 Å². The summed E-state index contributed by atoms with van der Waals surface area (Å²) in [5.74, 6) is 1.49. The molecule has 1 N–H and O–H groups in total. The first-order chi connectivity index (χ1) is 15.0. The number of hydrogen-bond donors (Lipinski definition) is 1. The van der Waals surface area contributed by atoms with Crippen LogP contribution in [-0.4, -0.2) is 34.5 Å². The molecule has 31 heavy (non-hydrogen) atoms. The smallest absolute Gasteiger partial charge is 0.262 e. The van der Waals surface area contributed by atoms with E-state index in [1.165, 1.54) is 22.2 Å². The minimum atomic E-state index is -0.847. The number of fused-ring (bicyclic) bond motifs is 1. The van der Waals surface area contributed by atoms with Gasteiger partial charge in [-0.2, -0.15) is 0 Å². The Labute approximate surface area is 184 Å². The number of methoxy groups -OCH3 is 1. The Morgan fingerprint density at radius 1 is 1.16 bits per heavy atom. The van der Waals surface area contributed by atoms with Gasteiger partial charge in [0.1, 0.15) is 29.0 Å². The van der Waals surface area contributed by atoms with Gasteiger partial charge in [-0.15, -0.1) is 11.3 Å². The Hall–Kier alpha value is -3.16. The second kappa shape index (κ2) is 8.91. The van der Waals surface area contributed by atoms with E-state index in [0.29, 0.717) is 10.2 Å². The van der Waals surface area contributed by atoms with E-state index < -0.39 is 6.10 Å². The number of aliphatic hydroxyl groups excluding tert-OH is 1. The number of aromatic nitrogens is 2. The van der Waals surface area contributed by atoms with Crippen molar-refractivity contribution >= 4 is 21.6 Å². The number of benzene rings is 2. The zero-order valence-electron chi connectivity index (χ0n) is 17.7. The summed E-state index contributed by atoms with van der Waals surface area (Å²) >= 11 is 1.43. The molecule has 0 amide bonds. The fourth-order valence-electron chi connectivity index (χ4n) is 3.41. The topological polar surface area (TPSA) is 73.6 Å². The zero-order chi connectivity index (χ0) is 22.0. The van der Waals surface area contributed by atoms with Crippen molar-refractivity contribution in [2.45, 2.75) is 26.5 Å². The Morgan fingerprint density at radius 3 is 2.68 bits per heavy atom. The molecule has 4 rings (SSSR count). The van der Waals surface area contributed by atoms with Crippen molar-refractivity contribution in [1.29, 1.82) is 0 Å². The fourth-order valence-corrected chi connectivity index (χ4v) is 4.32. The summed E-state index contributed by atoms with van der Waals surface area (Å²) in [4.78, 5) is 18.3. The van der Waals surface area contributed by atoms with Crippen LogP contribution in [0.3, 0.4) is 0 Å². The molecule has 0 saturated carbocycles. The maximum Gasteiger partial charge on any atom is 0.262 e. The number of thiophene rings is 1. The summed E-state index contributed by atoms with van der Waals surface area (Å²) in [5, 5.41) is 13.0. The van der Waals surface area contributed by atoms with E-state index in [1.54, 1.807) is 7.11 Å². The molecule has 1 atom stereocenters. The van der Waals surface area contributed by atoms with Crippen molar-refractivity contribution in [3.05, 3.63) is 75.7 Å². The molecule has 160 valence electrons. The first-order valence-electron chi connectivity index (χ1n) is 9.95. The van der Waals surface area contributed by atoms with Crippen LogP contribution in [0.1, 0.15) is 11.1 Å². The molecule has 2 aromatic heterocycles. The highest BCUT2D eigenvalue weighted by Crippen LogP contribution is 2.31. The number of ether oxygens (including phenoxy) is 2. The molecule has 2 aromatic carbocycles. The van der Waals surface area contributed by atoms with E-state index in [2.05, 4.69) is 4.98 Å². The molecule has 2 heterocycles. The largest absolute Gasteiger partial charge is 0.497 e. The molecule has 4 aromatic rings. The molecule has 6 nitrogen and oxygen atoms in total. The highest BCUT2D eigenvalue weighted by Gasteiger charge is 2.16. The van der Waals surface area contributed by atoms with E-state index >= 15 is 0 Å². The third kappa shape index (κ3) is 4.47. The minimum Gasteiger partial charge on any atom is -0.497 e. The minimum absolute atomic E-state index is 0.0870. The monoisotopic (exact) mass is 436 g/mol. The molecular weight excluding hydrogens is 412 g/mol. The SMILES string of the molecule is COc1ccc(-c2csc3ncn(C[C@H](O)COc4cc(C)ccc4C)c(=O)c23)cc1. The number of nitrogens with zero attached hydrogens (tertiary/aromatic N) is 2. The molecular formula is C24H24N2O4S.